The summed E-state index contributed by atoms with van der Waals surface area (Å²) in [5.41, 5.74) is 5.53. The molecule has 2 aromatic rings. The normalized spacial score (nSPS) is 9.55. The first kappa shape index (κ1) is 17.5. The fraction of sp³-hybridized carbons (Fsp3) is 0.235. The van der Waals surface area contributed by atoms with Crippen LogP contribution in [0.5, 0.6) is 0 Å². The Morgan fingerprint density at radius 3 is 2.18 bits per heavy atom. The zero-order valence-corrected chi connectivity index (χ0v) is 12.6. The van der Waals surface area contributed by atoms with Crippen molar-refractivity contribution in [3.05, 3.63) is 75.8 Å². The zero-order valence-electron chi connectivity index (χ0n) is 12.6. The van der Waals surface area contributed by atoms with E-state index in [1.807, 2.05) is 0 Å². The highest BCUT2D eigenvalue weighted by Crippen LogP contribution is 2.20. The Morgan fingerprint density at radius 2 is 1.68 bits per heavy atom. The molecule has 0 fully saturated rings. The van der Waals surface area contributed by atoms with Crippen molar-refractivity contribution in [2.24, 2.45) is 5.73 Å². The highest BCUT2D eigenvalue weighted by atomic mass is 16.6. The molecule has 0 spiro atoms. The minimum absolute atomic E-state index is 0.115. The van der Waals surface area contributed by atoms with Gasteiger partial charge in [-0.15, -0.1) is 0 Å². The van der Waals surface area contributed by atoms with Gasteiger partial charge in [0.2, 0.25) is 0 Å². The topological polar surface area (TPSA) is 86.2 Å². The fourth-order valence-electron chi connectivity index (χ4n) is 1.77. The lowest BCUT2D eigenvalue weighted by molar-refractivity contribution is -0.385. The third kappa shape index (κ3) is 5.10. The summed E-state index contributed by atoms with van der Waals surface area (Å²) in [5.74, 6) is -0.335. The van der Waals surface area contributed by atoms with Gasteiger partial charge >= 0.3 is 0 Å². The number of nitrogens with zero attached hydrogens (tertiary/aromatic N) is 1. The number of nitro benzene ring substituents is 1. The van der Waals surface area contributed by atoms with Gasteiger partial charge in [-0.3, -0.25) is 14.9 Å². The van der Waals surface area contributed by atoms with Crippen molar-refractivity contribution < 1.29 is 9.72 Å². The van der Waals surface area contributed by atoms with E-state index in [1.54, 1.807) is 42.5 Å². The SMILES string of the molecule is CCCCN.O=C(c1ccccc1)c1ccccc1[N+](=O)[O-]. The standard InChI is InChI=1S/C13H9NO3.C4H11N/c15-13(10-6-2-1-3-7-10)11-8-4-5-9-12(11)14(16)17;1-2-3-4-5/h1-9H;2-5H2,1H3. The molecule has 0 aliphatic rings. The minimum atomic E-state index is -0.545. The lowest BCUT2D eigenvalue weighted by Gasteiger charge is -2.01. The van der Waals surface area contributed by atoms with Crippen molar-refractivity contribution in [3.63, 3.8) is 0 Å². The van der Waals surface area contributed by atoms with E-state index >= 15 is 0 Å². The van der Waals surface area contributed by atoms with Crippen molar-refractivity contribution in [2.75, 3.05) is 6.54 Å². The van der Waals surface area contributed by atoms with Crippen LogP contribution in [0, 0.1) is 10.1 Å². The van der Waals surface area contributed by atoms with Crippen LogP contribution in [-0.4, -0.2) is 17.3 Å². The number of carbonyl (C=O) groups excluding carboxylic acids is 1. The van der Waals surface area contributed by atoms with E-state index in [0.29, 0.717) is 5.56 Å². The van der Waals surface area contributed by atoms with Crippen molar-refractivity contribution in [2.45, 2.75) is 19.8 Å². The monoisotopic (exact) mass is 300 g/mol. The van der Waals surface area contributed by atoms with E-state index in [-0.39, 0.29) is 17.0 Å². The second-order valence-corrected chi connectivity index (χ2v) is 4.61. The van der Waals surface area contributed by atoms with Gasteiger partial charge in [-0.05, 0) is 19.0 Å². The summed E-state index contributed by atoms with van der Waals surface area (Å²) in [6.07, 6.45) is 2.39. The van der Waals surface area contributed by atoms with Crippen molar-refractivity contribution in [3.8, 4) is 0 Å². The van der Waals surface area contributed by atoms with Gasteiger partial charge in [0.05, 0.1) is 4.92 Å². The summed E-state index contributed by atoms with van der Waals surface area (Å²) in [5, 5.41) is 10.8. The number of nitro groups is 1. The second-order valence-electron chi connectivity index (χ2n) is 4.61. The van der Waals surface area contributed by atoms with Crippen LogP contribution >= 0.6 is 0 Å². The number of benzene rings is 2. The van der Waals surface area contributed by atoms with Crippen LogP contribution in [-0.2, 0) is 0 Å². The molecule has 22 heavy (non-hydrogen) atoms. The predicted molar refractivity (Wildman–Crippen MR) is 86.9 cm³/mol. The number of ketones is 1. The summed E-state index contributed by atoms with van der Waals surface area (Å²) in [6.45, 7) is 2.98. The van der Waals surface area contributed by atoms with E-state index in [4.69, 9.17) is 5.73 Å². The number of para-hydroxylation sites is 1. The number of hydrogen-bond acceptors (Lipinski definition) is 4. The number of unbranched alkanes of at least 4 members (excludes halogenated alkanes) is 1. The Balaban J connectivity index is 0.000000422. The molecule has 0 saturated carbocycles. The molecule has 5 nitrogen and oxygen atoms in total. The predicted octanol–water partition coefficient (Wildman–Crippen LogP) is 3.57. The molecule has 2 rings (SSSR count). The van der Waals surface area contributed by atoms with Crippen LogP contribution in [0.2, 0.25) is 0 Å². The van der Waals surface area contributed by atoms with Crippen LogP contribution in [0.25, 0.3) is 0 Å². The average Bonchev–Trinajstić information content (AvgIpc) is 2.56. The average molecular weight is 300 g/mol. The van der Waals surface area contributed by atoms with Gasteiger partial charge in [-0.25, -0.2) is 0 Å². The van der Waals surface area contributed by atoms with Gasteiger partial charge in [0.25, 0.3) is 5.69 Å². The molecule has 0 radical (unpaired) electrons. The van der Waals surface area contributed by atoms with E-state index < -0.39 is 4.92 Å². The molecule has 116 valence electrons. The van der Waals surface area contributed by atoms with Gasteiger partial charge in [0.1, 0.15) is 5.56 Å². The lowest BCUT2D eigenvalue weighted by atomic mass is 10.0. The Bertz CT molecular complexity index is 610. The van der Waals surface area contributed by atoms with Gasteiger partial charge in [-0.2, -0.15) is 0 Å². The van der Waals surface area contributed by atoms with Crippen LogP contribution in [0.3, 0.4) is 0 Å². The molecule has 0 saturated heterocycles. The maximum atomic E-state index is 12.1. The molecule has 0 unspecified atom stereocenters. The van der Waals surface area contributed by atoms with Gasteiger partial charge in [0, 0.05) is 11.6 Å². The molecule has 2 aromatic carbocycles. The highest BCUT2D eigenvalue weighted by molar-refractivity contribution is 6.11. The summed E-state index contributed by atoms with van der Waals surface area (Å²) in [6, 6.07) is 14.5. The number of nitrogens with two attached hydrogens (primary N) is 1. The quantitative estimate of drug-likeness (QED) is 0.519. The molecular weight excluding hydrogens is 280 g/mol. The van der Waals surface area contributed by atoms with Gasteiger partial charge < -0.3 is 5.73 Å². The Kier molecular flexibility index (Phi) is 7.50. The van der Waals surface area contributed by atoms with Crippen LogP contribution in [0.1, 0.15) is 35.7 Å². The largest absolute Gasteiger partial charge is 0.330 e. The van der Waals surface area contributed by atoms with Crippen LogP contribution in [0.4, 0.5) is 5.69 Å². The number of hydrogen-bond donors (Lipinski definition) is 1. The Morgan fingerprint density at radius 1 is 1.09 bits per heavy atom. The third-order valence-corrected chi connectivity index (χ3v) is 2.94. The maximum Gasteiger partial charge on any atom is 0.280 e. The molecule has 2 N–H and O–H groups in total. The van der Waals surface area contributed by atoms with Gasteiger partial charge in [0.15, 0.2) is 5.78 Å². The Labute approximate surface area is 129 Å². The first-order chi connectivity index (χ1) is 10.6. The van der Waals surface area contributed by atoms with Crippen molar-refractivity contribution >= 4 is 11.5 Å². The van der Waals surface area contributed by atoms with E-state index in [2.05, 4.69) is 6.92 Å². The molecule has 0 aliphatic carbocycles. The second kappa shape index (κ2) is 9.41. The highest BCUT2D eigenvalue weighted by Gasteiger charge is 2.19. The summed E-state index contributed by atoms with van der Waals surface area (Å²) in [4.78, 5) is 22.3. The van der Waals surface area contributed by atoms with E-state index in [0.717, 1.165) is 6.54 Å². The molecule has 0 amide bonds. The zero-order chi connectivity index (χ0) is 16.4. The maximum absolute atomic E-state index is 12.1. The molecule has 0 aliphatic heterocycles. The summed E-state index contributed by atoms with van der Waals surface area (Å²) < 4.78 is 0. The number of rotatable bonds is 5. The third-order valence-electron chi connectivity index (χ3n) is 2.94. The van der Waals surface area contributed by atoms with Gasteiger partial charge in [-0.1, -0.05) is 55.8 Å². The lowest BCUT2D eigenvalue weighted by Crippen LogP contribution is -2.04. The van der Waals surface area contributed by atoms with E-state index in [9.17, 15) is 14.9 Å². The molecule has 0 aromatic heterocycles. The first-order valence-corrected chi connectivity index (χ1v) is 7.15. The molecule has 0 heterocycles. The summed E-state index contributed by atoms with van der Waals surface area (Å²) in [7, 11) is 0. The fourth-order valence-corrected chi connectivity index (χ4v) is 1.77. The summed E-state index contributed by atoms with van der Waals surface area (Å²) >= 11 is 0. The first-order valence-electron chi connectivity index (χ1n) is 7.15. The molecule has 0 atom stereocenters. The Hall–Kier alpha value is -2.53. The van der Waals surface area contributed by atoms with E-state index in [1.165, 1.54) is 25.0 Å². The molecule has 0 bridgehead atoms. The molecular formula is C17H20N2O3. The number of carbonyl (C=O) groups is 1. The molecule has 5 heteroatoms. The van der Waals surface area contributed by atoms with Crippen LogP contribution < -0.4 is 5.73 Å². The van der Waals surface area contributed by atoms with Crippen molar-refractivity contribution in [1.82, 2.24) is 0 Å². The minimum Gasteiger partial charge on any atom is -0.330 e. The smallest absolute Gasteiger partial charge is 0.280 e. The van der Waals surface area contributed by atoms with Crippen LogP contribution in [0.15, 0.2) is 54.6 Å². The van der Waals surface area contributed by atoms with Crippen molar-refractivity contribution in [1.29, 1.82) is 0 Å².